The van der Waals surface area contributed by atoms with E-state index in [-0.39, 0.29) is 11.8 Å². The van der Waals surface area contributed by atoms with Crippen LogP contribution in [-0.4, -0.2) is 37.7 Å². The van der Waals surface area contributed by atoms with Crippen LogP contribution in [0.1, 0.15) is 25.1 Å². The molecule has 3 aromatic heterocycles. The number of hydrogen-bond donors (Lipinski definition) is 2. The lowest BCUT2D eigenvalue weighted by molar-refractivity contribution is -0.117. The summed E-state index contributed by atoms with van der Waals surface area (Å²) < 4.78 is 2.15. The topological polar surface area (TPSA) is 97.6 Å². The average molecular weight is 349 g/mol. The predicted octanol–water partition coefficient (Wildman–Crippen LogP) is 2.22. The van der Waals surface area contributed by atoms with Crippen molar-refractivity contribution in [1.29, 1.82) is 0 Å². The van der Waals surface area contributed by atoms with E-state index in [1.54, 1.807) is 6.20 Å². The monoisotopic (exact) mass is 349 g/mol. The molecule has 4 heterocycles. The Bertz CT molecular complexity index is 1020. The van der Waals surface area contributed by atoms with Crippen molar-refractivity contribution in [3.8, 4) is 11.4 Å². The number of nitrogens with one attached hydrogen (secondary N) is 2. The maximum Gasteiger partial charge on any atom is 0.228 e. The molecule has 0 saturated heterocycles. The van der Waals surface area contributed by atoms with Crippen LogP contribution >= 0.6 is 0 Å². The Morgan fingerprint density at radius 2 is 2.08 bits per heavy atom. The molecular formula is C18H19N7O. The summed E-state index contributed by atoms with van der Waals surface area (Å²) >= 11 is 0. The van der Waals surface area contributed by atoms with Gasteiger partial charge in [-0.25, -0.2) is 9.97 Å². The zero-order chi connectivity index (χ0) is 17.7. The van der Waals surface area contributed by atoms with Crippen LogP contribution in [-0.2, 0) is 17.8 Å². The zero-order valence-corrected chi connectivity index (χ0v) is 14.5. The molecule has 1 amide bonds. The van der Waals surface area contributed by atoms with Gasteiger partial charge < -0.3 is 15.2 Å². The van der Waals surface area contributed by atoms with Crippen molar-refractivity contribution in [3.63, 3.8) is 0 Å². The first kappa shape index (κ1) is 15.2. The third kappa shape index (κ3) is 2.40. The highest BCUT2D eigenvalue weighted by atomic mass is 16.2. The van der Waals surface area contributed by atoms with E-state index in [1.807, 2.05) is 19.3 Å². The van der Waals surface area contributed by atoms with Gasteiger partial charge in [0.1, 0.15) is 17.5 Å². The minimum atomic E-state index is 0.0460. The van der Waals surface area contributed by atoms with Gasteiger partial charge >= 0.3 is 0 Å². The molecule has 1 fully saturated rings. The first-order valence-electron chi connectivity index (χ1n) is 8.94. The van der Waals surface area contributed by atoms with E-state index < -0.39 is 0 Å². The number of nitrogens with zero attached hydrogens (tertiary/aromatic N) is 5. The Labute approximate surface area is 150 Å². The van der Waals surface area contributed by atoms with Crippen LogP contribution in [0.4, 0.5) is 11.6 Å². The summed E-state index contributed by atoms with van der Waals surface area (Å²) in [7, 11) is 1.83. The SMILES string of the molecule is CNc1ncc(-c2nnc3n2CCC3)c2cc(NC(=O)C3CC3)ncc12. The van der Waals surface area contributed by atoms with Gasteiger partial charge in [-0.15, -0.1) is 10.2 Å². The van der Waals surface area contributed by atoms with Gasteiger partial charge in [0.2, 0.25) is 5.91 Å². The first-order chi connectivity index (χ1) is 12.7. The zero-order valence-electron chi connectivity index (χ0n) is 14.5. The standard InChI is InChI=1S/C18H19N7O/c1-19-16-12-8-20-14(22-18(26)10-4-5-10)7-11(12)13(9-21-16)17-24-23-15-3-2-6-25(15)17/h7-10H,2-6H2,1H3,(H,19,21)(H,20,22,26). The number of carbonyl (C=O) groups excluding carboxylic acids is 1. The number of fused-ring (bicyclic) bond motifs is 2. The molecular weight excluding hydrogens is 330 g/mol. The molecule has 1 aliphatic carbocycles. The number of amides is 1. The second-order valence-electron chi connectivity index (χ2n) is 6.84. The van der Waals surface area contributed by atoms with Crippen LogP contribution in [0.2, 0.25) is 0 Å². The van der Waals surface area contributed by atoms with E-state index in [0.29, 0.717) is 5.82 Å². The molecule has 0 aromatic carbocycles. The van der Waals surface area contributed by atoms with Crippen molar-refractivity contribution in [2.24, 2.45) is 5.92 Å². The molecule has 8 heteroatoms. The Morgan fingerprint density at radius 1 is 1.19 bits per heavy atom. The van der Waals surface area contributed by atoms with Crippen LogP contribution in [0.5, 0.6) is 0 Å². The number of aromatic nitrogens is 5. The fourth-order valence-electron chi connectivity index (χ4n) is 3.50. The Morgan fingerprint density at radius 3 is 2.88 bits per heavy atom. The van der Waals surface area contributed by atoms with E-state index >= 15 is 0 Å². The minimum absolute atomic E-state index is 0.0460. The fourth-order valence-corrected chi connectivity index (χ4v) is 3.50. The van der Waals surface area contributed by atoms with Crippen LogP contribution in [0.3, 0.4) is 0 Å². The third-order valence-corrected chi connectivity index (χ3v) is 5.06. The van der Waals surface area contributed by atoms with Crippen LogP contribution in [0.25, 0.3) is 22.2 Å². The number of carbonyl (C=O) groups is 1. The molecule has 26 heavy (non-hydrogen) atoms. The number of hydrogen-bond acceptors (Lipinski definition) is 6. The largest absolute Gasteiger partial charge is 0.373 e. The number of rotatable bonds is 4. The normalized spacial score (nSPS) is 15.9. The van der Waals surface area contributed by atoms with Gasteiger partial charge in [-0.2, -0.15) is 0 Å². The van der Waals surface area contributed by atoms with Crippen molar-refractivity contribution in [2.45, 2.75) is 32.2 Å². The number of pyridine rings is 2. The average Bonchev–Trinajstić information content (AvgIpc) is 3.28. The number of anilines is 2. The lowest BCUT2D eigenvalue weighted by atomic mass is 10.1. The summed E-state index contributed by atoms with van der Waals surface area (Å²) in [4.78, 5) is 21.0. The van der Waals surface area contributed by atoms with Crippen LogP contribution < -0.4 is 10.6 Å². The fraction of sp³-hybridized carbons (Fsp3) is 0.389. The first-order valence-corrected chi connectivity index (χ1v) is 8.94. The van der Waals surface area contributed by atoms with E-state index in [0.717, 1.165) is 66.0 Å². The molecule has 1 aliphatic heterocycles. The Kier molecular flexibility index (Phi) is 3.37. The van der Waals surface area contributed by atoms with Gasteiger partial charge in [-0.05, 0) is 25.3 Å². The third-order valence-electron chi connectivity index (χ3n) is 5.06. The molecule has 0 atom stereocenters. The van der Waals surface area contributed by atoms with E-state index in [1.165, 1.54) is 0 Å². The summed E-state index contributed by atoms with van der Waals surface area (Å²) in [6.07, 6.45) is 7.53. The predicted molar refractivity (Wildman–Crippen MR) is 97.8 cm³/mol. The molecule has 132 valence electrons. The Balaban J connectivity index is 1.65. The maximum atomic E-state index is 12.1. The van der Waals surface area contributed by atoms with Gasteiger partial charge in [0.15, 0.2) is 5.82 Å². The summed E-state index contributed by atoms with van der Waals surface area (Å²) in [5, 5.41) is 16.6. The second-order valence-corrected chi connectivity index (χ2v) is 6.84. The van der Waals surface area contributed by atoms with Crippen LogP contribution in [0.15, 0.2) is 18.5 Å². The molecule has 3 aromatic rings. The highest BCUT2D eigenvalue weighted by Crippen LogP contribution is 2.34. The molecule has 0 unspecified atom stereocenters. The van der Waals surface area contributed by atoms with Gasteiger partial charge in [0.05, 0.1) is 0 Å². The molecule has 0 radical (unpaired) electrons. The van der Waals surface area contributed by atoms with Crippen molar-refractivity contribution in [3.05, 3.63) is 24.3 Å². The highest BCUT2D eigenvalue weighted by molar-refractivity contribution is 6.03. The van der Waals surface area contributed by atoms with Crippen molar-refractivity contribution in [1.82, 2.24) is 24.7 Å². The molecule has 5 rings (SSSR count). The van der Waals surface area contributed by atoms with Crippen molar-refractivity contribution in [2.75, 3.05) is 17.7 Å². The Hall–Kier alpha value is -3.03. The smallest absolute Gasteiger partial charge is 0.228 e. The molecule has 1 saturated carbocycles. The lowest BCUT2D eigenvalue weighted by Gasteiger charge is -2.12. The van der Waals surface area contributed by atoms with Gasteiger partial charge in [-0.1, -0.05) is 0 Å². The quantitative estimate of drug-likeness (QED) is 0.749. The summed E-state index contributed by atoms with van der Waals surface area (Å²) in [5.41, 5.74) is 0.906. The summed E-state index contributed by atoms with van der Waals surface area (Å²) in [6, 6.07) is 1.91. The molecule has 0 spiro atoms. The molecule has 2 aliphatic rings. The highest BCUT2D eigenvalue weighted by Gasteiger charge is 2.30. The lowest BCUT2D eigenvalue weighted by Crippen LogP contribution is -2.14. The molecule has 2 N–H and O–H groups in total. The van der Waals surface area contributed by atoms with Gasteiger partial charge in [-0.3, -0.25) is 4.79 Å². The number of aryl methyl sites for hydroxylation is 1. The van der Waals surface area contributed by atoms with Gasteiger partial charge in [0, 0.05) is 54.7 Å². The minimum Gasteiger partial charge on any atom is -0.373 e. The molecule has 0 bridgehead atoms. The van der Waals surface area contributed by atoms with E-state index in [4.69, 9.17) is 0 Å². The van der Waals surface area contributed by atoms with E-state index in [9.17, 15) is 4.79 Å². The van der Waals surface area contributed by atoms with Crippen molar-refractivity contribution >= 4 is 28.3 Å². The van der Waals surface area contributed by atoms with Crippen molar-refractivity contribution < 1.29 is 4.79 Å². The molecule has 8 nitrogen and oxygen atoms in total. The van der Waals surface area contributed by atoms with Gasteiger partial charge in [0.25, 0.3) is 0 Å². The van der Waals surface area contributed by atoms with E-state index in [2.05, 4.69) is 35.4 Å². The summed E-state index contributed by atoms with van der Waals surface area (Å²) in [6.45, 7) is 0.920. The van der Waals surface area contributed by atoms with Crippen LogP contribution in [0, 0.1) is 5.92 Å². The second kappa shape index (κ2) is 5.76. The summed E-state index contributed by atoms with van der Waals surface area (Å²) in [5.74, 6) is 3.33. The maximum absolute atomic E-state index is 12.1.